The predicted molar refractivity (Wildman–Crippen MR) is 118 cm³/mol. The molecule has 0 amide bonds. The average Bonchev–Trinajstić information content (AvgIpc) is 2.74. The van der Waals surface area contributed by atoms with Gasteiger partial charge in [-0.2, -0.15) is 0 Å². The van der Waals surface area contributed by atoms with Crippen molar-refractivity contribution in [1.82, 2.24) is 0 Å². The van der Waals surface area contributed by atoms with Gasteiger partial charge in [0.2, 0.25) is 0 Å². The normalized spacial score (nSPS) is 21.0. The lowest BCUT2D eigenvalue weighted by Crippen LogP contribution is -2.52. The van der Waals surface area contributed by atoms with Crippen molar-refractivity contribution < 1.29 is 14.2 Å². The van der Waals surface area contributed by atoms with Crippen molar-refractivity contribution in [3.8, 4) is 11.5 Å². The van der Waals surface area contributed by atoms with Crippen molar-refractivity contribution in [3.05, 3.63) is 59.7 Å². The highest BCUT2D eigenvalue weighted by atomic mass is 32.1. The van der Waals surface area contributed by atoms with Crippen LogP contribution < -0.4 is 9.47 Å². The lowest BCUT2D eigenvalue weighted by atomic mass is 9.51. The third kappa shape index (κ3) is 3.39. The van der Waals surface area contributed by atoms with E-state index in [4.69, 9.17) is 26.4 Å². The molecule has 150 valence electrons. The quantitative estimate of drug-likeness (QED) is 0.563. The van der Waals surface area contributed by atoms with E-state index >= 15 is 0 Å². The van der Waals surface area contributed by atoms with Crippen LogP contribution in [0.1, 0.15) is 50.7 Å². The van der Waals surface area contributed by atoms with E-state index < -0.39 is 0 Å². The molecule has 1 unspecified atom stereocenters. The second-order valence-corrected chi connectivity index (χ2v) is 7.99. The van der Waals surface area contributed by atoms with Gasteiger partial charge in [0.25, 0.3) is 0 Å². The summed E-state index contributed by atoms with van der Waals surface area (Å²) in [5.41, 5.74) is 1.97. The Morgan fingerprint density at radius 1 is 0.857 bits per heavy atom. The van der Waals surface area contributed by atoms with Crippen LogP contribution in [-0.2, 0) is 10.2 Å². The van der Waals surface area contributed by atoms with Gasteiger partial charge < -0.3 is 14.2 Å². The molecule has 1 saturated carbocycles. The van der Waals surface area contributed by atoms with Crippen LogP contribution in [0, 0.1) is 5.41 Å². The van der Waals surface area contributed by atoms with E-state index in [9.17, 15) is 0 Å². The lowest BCUT2D eigenvalue weighted by molar-refractivity contribution is 0.145. The number of hydrogen-bond acceptors (Lipinski definition) is 4. The number of rotatable bonds is 6. The Labute approximate surface area is 174 Å². The number of benzene rings is 2. The largest absolute Gasteiger partial charge is 0.497 e. The van der Waals surface area contributed by atoms with Crippen LogP contribution in [0.15, 0.2) is 48.5 Å². The number of thiocarbonyl (C=S) groups is 1. The average molecular weight is 399 g/mol. The molecule has 0 spiro atoms. The molecule has 1 atom stereocenters. The Morgan fingerprint density at radius 2 is 1.32 bits per heavy atom. The summed E-state index contributed by atoms with van der Waals surface area (Å²) >= 11 is 5.86. The zero-order chi connectivity index (χ0) is 20.2. The third-order valence-corrected chi connectivity index (χ3v) is 6.88. The van der Waals surface area contributed by atoms with E-state index in [1.165, 1.54) is 11.1 Å². The van der Waals surface area contributed by atoms with Gasteiger partial charge in [0, 0.05) is 10.8 Å². The van der Waals surface area contributed by atoms with Crippen molar-refractivity contribution in [1.29, 1.82) is 0 Å². The minimum absolute atomic E-state index is 0.254. The Kier molecular flexibility index (Phi) is 6.29. The summed E-state index contributed by atoms with van der Waals surface area (Å²) in [5, 5.41) is 0.710. The molecular formula is C24H30O3S. The summed E-state index contributed by atoms with van der Waals surface area (Å²) in [6, 6.07) is 16.9. The van der Waals surface area contributed by atoms with Gasteiger partial charge in [0.1, 0.15) is 11.5 Å². The molecule has 3 nitrogen and oxygen atoms in total. The Hall–Kier alpha value is -2.07. The molecule has 1 fully saturated rings. The van der Waals surface area contributed by atoms with Gasteiger partial charge in [-0.3, -0.25) is 0 Å². The highest BCUT2D eigenvalue weighted by molar-refractivity contribution is 7.80. The molecule has 0 N–H and O–H groups in total. The van der Waals surface area contributed by atoms with Gasteiger partial charge in [-0.05, 0) is 67.4 Å². The fourth-order valence-corrected chi connectivity index (χ4v) is 5.16. The van der Waals surface area contributed by atoms with E-state index in [-0.39, 0.29) is 10.8 Å². The first-order valence-corrected chi connectivity index (χ1v) is 10.4. The van der Waals surface area contributed by atoms with Gasteiger partial charge >= 0.3 is 0 Å². The van der Waals surface area contributed by atoms with E-state index in [1.54, 1.807) is 14.2 Å². The van der Waals surface area contributed by atoms with Crippen molar-refractivity contribution in [3.63, 3.8) is 0 Å². The third-order valence-electron chi connectivity index (χ3n) is 6.31. The molecule has 0 saturated heterocycles. The molecule has 3 rings (SSSR count). The molecule has 0 aromatic heterocycles. The Bertz CT molecular complexity index is 750. The molecule has 0 radical (unpaired) electrons. The maximum atomic E-state index is 5.95. The van der Waals surface area contributed by atoms with Crippen LogP contribution in [0.25, 0.3) is 0 Å². The predicted octanol–water partition coefficient (Wildman–Crippen LogP) is 5.93. The van der Waals surface area contributed by atoms with Crippen LogP contribution in [0.4, 0.5) is 0 Å². The van der Waals surface area contributed by atoms with Crippen LogP contribution in [0.2, 0.25) is 0 Å². The van der Waals surface area contributed by atoms with Crippen LogP contribution in [0.5, 0.6) is 11.5 Å². The molecule has 1 aliphatic rings. The van der Waals surface area contributed by atoms with E-state index in [2.05, 4.69) is 31.2 Å². The number of ether oxygens (including phenoxy) is 3. The molecule has 2 aromatic rings. The zero-order valence-electron chi connectivity index (χ0n) is 17.3. The van der Waals surface area contributed by atoms with Gasteiger partial charge in [-0.25, -0.2) is 0 Å². The highest BCUT2D eigenvalue weighted by Gasteiger charge is 2.55. The summed E-state index contributed by atoms with van der Waals surface area (Å²) in [6.45, 7) is 4.87. The summed E-state index contributed by atoms with van der Waals surface area (Å²) in [4.78, 5) is 0. The SMILES string of the molecule is CCOC(=S)C1(C)CCCCC1(c1ccc(OC)cc1)c1ccc(OC)cc1. The number of hydrogen-bond donors (Lipinski definition) is 0. The fraction of sp³-hybridized carbons (Fsp3) is 0.458. The van der Waals surface area contributed by atoms with Crippen molar-refractivity contribution >= 4 is 17.3 Å². The summed E-state index contributed by atoms with van der Waals surface area (Å²) in [6.07, 6.45) is 4.33. The zero-order valence-corrected chi connectivity index (χ0v) is 18.1. The highest BCUT2D eigenvalue weighted by Crippen LogP contribution is 2.57. The topological polar surface area (TPSA) is 27.7 Å². The van der Waals surface area contributed by atoms with Crippen LogP contribution >= 0.6 is 12.2 Å². The molecule has 0 aliphatic heterocycles. The van der Waals surface area contributed by atoms with E-state index in [1.807, 2.05) is 31.2 Å². The van der Waals surface area contributed by atoms with Gasteiger partial charge in [-0.1, -0.05) is 44.0 Å². The molecule has 2 aromatic carbocycles. The maximum absolute atomic E-state index is 5.95. The monoisotopic (exact) mass is 398 g/mol. The Morgan fingerprint density at radius 3 is 1.75 bits per heavy atom. The smallest absolute Gasteiger partial charge is 0.166 e. The van der Waals surface area contributed by atoms with Gasteiger partial charge in [0.15, 0.2) is 5.05 Å². The Balaban J connectivity index is 2.22. The molecule has 0 heterocycles. The minimum Gasteiger partial charge on any atom is -0.497 e. The van der Waals surface area contributed by atoms with Gasteiger partial charge in [0.05, 0.1) is 20.8 Å². The molecule has 28 heavy (non-hydrogen) atoms. The van der Waals surface area contributed by atoms with Crippen molar-refractivity contribution in [2.45, 2.75) is 44.9 Å². The van der Waals surface area contributed by atoms with Crippen LogP contribution in [0.3, 0.4) is 0 Å². The second-order valence-electron chi connectivity index (χ2n) is 7.62. The van der Waals surface area contributed by atoms with E-state index in [0.717, 1.165) is 37.2 Å². The molecule has 1 aliphatic carbocycles. The first-order chi connectivity index (χ1) is 13.5. The summed E-state index contributed by atoms with van der Waals surface area (Å²) in [7, 11) is 3.40. The van der Waals surface area contributed by atoms with Crippen molar-refractivity contribution in [2.24, 2.45) is 5.41 Å². The van der Waals surface area contributed by atoms with Gasteiger partial charge in [-0.15, -0.1) is 0 Å². The lowest BCUT2D eigenvalue weighted by Gasteiger charge is -2.52. The summed E-state index contributed by atoms with van der Waals surface area (Å²) < 4.78 is 16.7. The second kappa shape index (κ2) is 8.52. The maximum Gasteiger partial charge on any atom is 0.166 e. The molecule has 4 heteroatoms. The first-order valence-electron chi connectivity index (χ1n) is 9.98. The first kappa shape index (κ1) is 20.7. The summed E-state index contributed by atoms with van der Waals surface area (Å²) in [5.74, 6) is 1.72. The van der Waals surface area contributed by atoms with Crippen molar-refractivity contribution in [2.75, 3.05) is 20.8 Å². The number of methoxy groups -OCH3 is 2. The molecule has 0 bridgehead atoms. The minimum atomic E-state index is -0.278. The molecular weight excluding hydrogens is 368 g/mol. The standard InChI is InChI=1S/C24H30O3S/c1-5-27-22(28)23(2)16-6-7-17-24(23,18-8-12-20(25-3)13-9-18)19-10-14-21(26-4)15-11-19/h8-15H,5-7,16-17H2,1-4H3. The van der Waals surface area contributed by atoms with E-state index in [0.29, 0.717) is 11.7 Å². The van der Waals surface area contributed by atoms with Crippen LogP contribution in [-0.4, -0.2) is 25.9 Å². The fourth-order valence-electron chi connectivity index (χ4n) is 4.77.